The Morgan fingerprint density at radius 1 is 1.14 bits per heavy atom. The average Bonchev–Trinajstić information content (AvgIpc) is 2.41. The van der Waals surface area contributed by atoms with Crippen LogP contribution >= 0.6 is 0 Å². The lowest BCUT2D eigenvalue weighted by Crippen LogP contribution is -2.13. The highest BCUT2D eigenvalue weighted by Crippen LogP contribution is 2.17. The fraction of sp³-hybridized carbons (Fsp3) is 0.235. The van der Waals surface area contributed by atoms with Crippen LogP contribution in [0.4, 0.5) is 5.69 Å². The molecule has 0 aliphatic carbocycles. The highest BCUT2D eigenvalue weighted by atomic mass is 32.2. The van der Waals surface area contributed by atoms with Crippen LogP contribution in [0.5, 0.6) is 0 Å². The van der Waals surface area contributed by atoms with Crippen molar-refractivity contribution in [3.63, 3.8) is 0 Å². The smallest absolute Gasteiger partial charge is 0.255 e. The van der Waals surface area contributed by atoms with Gasteiger partial charge in [-0.1, -0.05) is 29.8 Å². The number of hydrogen-bond acceptors (Lipinski definition) is 2. The zero-order valence-electron chi connectivity index (χ0n) is 12.5. The molecule has 0 radical (unpaired) electrons. The fourth-order valence-electron chi connectivity index (χ4n) is 2.19. The molecule has 0 aromatic heterocycles. The summed E-state index contributed by atoms with van der Waals surface area (Å²) in [6, 6.07) is 13.2. The van der Waals surface area contributed by atoms with Gasteiger partial charge in [0.15, 0.2) is 0 Å². The van der Waals surface area contributed by atoms with Crippen LogP contribution in [0.1, 0.15) is 27.0 Å². The molecule has 1 amide bonds. The quantitative estimate of drug-likeness (QED) is 0.940. The Kier molecular flexibility index (Phi) is 4.91. The van der Waals surface area contributed by atoms with Gasteiger partial charge < -0.3 is 5.32 Å². The molecular formula is C17H19NO2S. The summed E-state index contributed by atoms with van der Waals surface area (Å²) in [5.41, 5.74) is 4.50. The number of nitrogens with one attached hydrogen (secondary N) is 1. The van der Waals surface area contributed by atoms with Crippen molar-refractivity contribution in [2.45, 2.75) is 19.6 Å². The normalized spacial score (nSPS) is 12.0. The Balaban J connectivity index is 2.18. The molecule has 0 spiro atoms. The Labute approximate surface area is 127 Å². The van der Waals surface area contributed by atoms with E-state index in [0.29, 0.717) is 11.3 Å². The minimum atomic E-state index is -0.914. The molecule has 3 nitrogen and oxygen atoms in total. The van der Waals surface area contributed by atoms with Crippen molar-refractivity contribution in [3.05, 3.63) is 64.7 Å². The predicted octanol–water partition coefficient (Wildman–Crippen LogP) is 3.43. The number of aryl methyl sites for hydroxylation is 2. The van der Waals surface area contributed by atoms with E-state index in [4.69, 9.17) is 0 Å². The third-order valence-corrected chi connectivity index (χ3v) is 3.93. The standard InChI is InChI=1S/C17H19NO2S/c1-12-7-8-16(13(2)9-12)18-17(19)15-6-4-5-14(10-15)11-21(3)20/h4-10H,11H2,1-3H3,(H,18,19). The van der Waals surface area contributed by atoms with Crippen LogP contribution in [0.2, 0.25) is 0 Å². The van der Waals surface area contributed by atoms with Crippen molar-refractivity contribution in [1.29, 1.82) is 0 Å². The minimum Gasteiger partial charge on any atom is -0.322 e. The van der Waals surface area contributed by atoms with Crippen LogP contribution in [0, 0.1) is 13.8 Å². The summed E-state index contributed by atoms with van der Waals surface area (Å²) in [4.78, 5) is 12.3. The summed E-state index contributed by atoms with van der Waals surface area (Å²) >= 11 is 0. The second-order valence-electron chi connectivity index (χ2n) is 5.19. The lowest BCUT2D eigenvalue weighted by molar-refractivity contribution is 0.102. The van der Waals surface area contributed by atoms with Crippen molar-refractivity contribution >= 4 is 22.4 Å². The van der Waals surface area contributed by atoms with Crippen molar-refractivity contribution in [1.82, 2.24) is 0 Å². The molecule has 0 fully saturated rings. The van der Waals surface area contributed by atoms with Crippen molar-refractivity contribution in [3.8, 4) is 0 Å². The molecule has 0 aliphatic heterocycles. The summed E-state index contributed by atoms with van der Waals surface area (Å²) in [6.45, 7) is 3.99. The van der Waals surface area contributed by atoms with Gasteiger partial charge in [-0.3, -0.25) is 9.00 Å². The van der Waals surface area contributed by atoms with E-state index in [2.05, 4.69) is 5.32 Å². The zero-order valence-corrected chi connectivity index (χ0v) is 13.3. The summed E-state index contributed by atoms with van der Waals surface area (Å²) < 4.78 is 11.3. The highest BCUT2D eigenvalue weighted by molar-refractivity contribution is 7.83. The van der Waals surface area contributed by atoms with Gasteiger partial charge in [0, 0.05) is 34.1 Å². The number of anilines is 1. The summed E-state index contributed by atoms with van der Waals surface area (Å²) in [6.07, 6.45) is 1.66. The fourth-order valence-corrected chi connectivity index (χ4v) is 2.83. The molecule has 0 aliphatic rings. The van der Waals surface area contributed by atoms with Crippen LogP contribution in [-0.2, 0) is 16.6 Å². The zero-order chi connectivity index (χ0) is 15.4. The van der Waals surface area contributed by atoms with Crippen LogP contribution in [0.15, 0.2) is 42.5 Å². The molecular weight excluding hydrogens is 282 g/mol. The van der Waals surface area contributed by atoms with E-state index in [1.807, 2.05) is 44.2 Å². The first kappa shape index (κ1) is 15.4. The maximum Gasteiger partial charge on any atom is 0.255 e. The van der Waals surface area contributed by atoms with Crippen LogP contribution in [0.25, 0.3) is 0 Å². The number of carbonyl (C=O) groups is 1. The maximum absolute atomic E-state index is 12.3. The van der Waals surface area contributed by atoms with Gasteiger partial charge in [0.05, 0.1) is 0 Å². The number of carbonyl (C=O) groups excluding carboxylic acids is 1. The Bertz CT molecular complexity index is 695. The van der Waals surface area contributed by atoms with E-state index < -0.39 is 10.8 Å². The molecule has 0 saturated heterocycles. The second kappa shape index (κ2) is 6.68. The maximum atomic E-state index is 12.3. The first-order chi connectivity index (χ1) is 9.95. The lowest BCUT2D eigenvalue weighted by Gasteiger charge is -2.10. The van der Waals surface area contributed by atoms with Gasteiger partial charge in [-0.2, -0.15) is 0 Å². The van der Waals surface area contributed by atoms with Gasteiger partial charge in [-0.15, -0.1) is 0 Å². The number of benzene rings is 2. The molecule has 0 saturated carbocycles. The third-order valence-electron chi connectivity index (χ3n) is 3.19. The minimum absolute atomic E-state index is 0.148. The number of rotatable bonds is 4. The molecule has 1 N–H and O–H groups in total. The molecule has 1 atom stereocenters. The molecule has 2 rings (SSSR count). The van der Waals surface area contributed by atoms with E-state index in [-0.39, 0.29) is 5.91 Å². The summed E-state index contributed by atoms with van der Waals surface area (Å²) in [7, 11) is -0.914. The first-order valence-electron chi connectivity index (χ1n) is 6.73. The van der Waals surface area contributed by atoms with Crippen LogP contribution in [0.3, 0.4) is 0 Å². The molecule has 2 aromatic rings. The van der Waals surface area contributed by atoms with E-state index in [1.54, 1.807) is 18.4 Å². The van der Waals surface area contributed by atoms with E-state index in [9.17, 15) is 9.00 Å². The molecule has 110 valence electrons. The molecule has 1 unspecified atom stereocenters. The topological polar surface area (TPSA) is 46.2 Å². The summed E-state index contributed by atoms with van der Waals surface area (Å²) in [5.74, 6) is 0.315. The highest BCUT2D eigenvalue weighted by Gasteiger charge is 2.09. The van der Waals surface area contributed by atoms with E-state index in [0.717, 1.165) is 22.4 Å². The monoisotopic (exact) mass is 301 g/mol. The third kappa shape index (κ3) is 4.26. The molecule has 0 heterocycles. The van der Waals surface area contributed by atoms with Gasteiger partial charge in [-0.25, -0.2) is 0 Å². The number of amides is 1. The largest absolute Gasteiger partial charge is 0.322 e. The molecule has 21 heavy (non-hydrogen) atoms. The van der Waals surface area contributed by atoms with Crippen molar-refractivity contribution < 1.29 is 9.00 Å². The summed E-state index contributed by atoms with van der Waals surface area (Å²) in [5, 5.41) is 2.92. The molecule has 0 bridgehead atoms. The van der Waals surface area contributed by atoms with Crippen LogP contribution in [-0.4, -0.2) is 16.4 Å². The van der Waals surface area contributed by atoms with Gasteiger partial charge in [0.25, 0.3) is 5.91 Å². The van der Waals surface area contributed by atoms with Gasteiger partial charge in [0.2, 0.25) is 0 Å². The number of hydrogen-bond donors (Lipinski definition) is 1. The molecule has 2 aromatic carbocycles. The van der Waals surface area contributed by atoms with Crippen molar-refractivity contribution in [2.75, 3.05) is 11.6 Å². The Morgan fingerprint density at radius 2 is 1.90 bits per heavy atom. The second-order valence-corrected chi connectivity index (χ2v) is 6.63. The lowest BCUT2D eigenvalue weighted by atomic mass is 10.1. The van der Waals surface area contributed by atoms with Gasteiger partial charge in [-0.05, 0) is 43.2 Å². The average molecular weight is 301 g/mol. The first-order valence-corrected chi connectivity index (χ1v) is 8.46. The van der Waals surface area contributed by atoms with Gasteiger partial charge >= 0.3 is 0 Å². The van der Waals surface area contributed by atoms with E-state index in [1.165, 1.54) is 0 Å². The van der Waals surface area contributed by atoms with E-state index >= 15 is 0 Å². The molecule has 4 heteroatoms. The van der Waals surface area contributed by atoms with Crippen molar-refractivity contribution in [2.24, 2.45) is 0 Å². The predicted molar refractivity (Wildman–Crippen MR) is 88.1 cm³/mol. The Hall–Kier alpha value is -1.94. The Morgan fingerprint density at radius 3 is 2.57 bits per heavy atom. The SMILES string of the molecule is Cc1ccc(NC(=O)c2cccc(CS(C)=O)c2)c(C)c1. The van der Waals surface area contributed by atoms with Crippen LogP contribution < -0.4 is 5.32 Å². The van der Waals surface area contributed by atoms with Gasteiger partial charge in [0.1, 0.15) is 0 Å².